The van der Waals surface area contributed by atoms with Crippen molar-refractivity contribution >= 4 is 8.32 Å². The van der Waals surface area contributed by atoms with Crippen molar-refractivity contribution in [1.82, 2.24) is 0 Å². The highest BCUT2D eigenvalue weighted by atomic mass is 28.4. The van der Waals surface area contributed by atoms with E-state index < -0.39 is 8.32 Å². The Bertz CT molecular complexity index is 268. The second kappa shape index (κ2) is 5.25. The van der Waals surface area contributed by atoms with Crippen LogP contribution >= 0.6 is 0 Å². The van der Waals surface area contributed by atoms with Gasteiger partial charge < -0.3 is 9.53 Å². The van der Waals surface area contributed by atoms with Crippen LogP contribution in [0.1, 0.15) is 33.6 Å². The number of hydrogen-bond donors (Lipinski definition) is 1. The molecule has 0 aromatic carbocycles. The Morgan fingerprint density at radius 1 is 1.47 bits per heavy atom. The summed E-state index contributed by atoms with van der Waals surface area (Å²) in [4.78, 5) is 0. The maximum atomic E-state index is 9.83. The molecule has 0 radical (unpaired) electrons. The smallest absolute Gasteiger partial charge is 0.191 e. The second-order valence-electron chi connectivity index (χ2n) is 6.82. The van der Waals surface area contributed by atoms with Gasteiger partial charge in [-0.05, 0) is 42.8 Å². The van der Waals surface area contributed by atoms with E-state index in [1.54, 1.807) is 6.08 Å². The second-order valence-corrected chi connectivity index (χ2v) is 11.6. The number of aliphatic hydroxyl groups is 1. The topological polar surface area (TPSA) is 29.5 Å². The molecule has 1 aliphatic carbocycles. The van der Waals surface area contributed by atoms with Gasteiger partial charge in [0.25, 0.3) is 0 Å². The van der Waals surface area contributed by atoms with Gasteiger partial charge in [0.15, 0.2) is 8.32 Å². The van der Waals surface area contributed by atoms with Crippen LogP contribution in [-0.2, 0) is 4.43 Å². The van der Waals surface area contributed by atoms with Gasteiger partial charge in [0, 0.05) is 6.61 Å². The Morgan fingerprint density at radius 3 is 2.53 bits per heavy atom. The molecule has 0 saturated heterocycles. The summed E-state index contributed by atoms with van der Waals surface area (Å²) in [5.41, 5.74) is 0. The SMILES string of the molecule is C=CC[C@H](O)[C@@H]1C[C@H]1CO[Si](C)(C)C(C)(C)C. The number of rotatable bonds is 6. The number of hydrogen-bond acceptors (Lipinski definition) is 2. The molecular formula is C14H28O2Si. The molecular weight excluding hydrogens is 228 g/mol. The molecule has 0 heterocycles. The summed E-state index contributed by atoms with van der Waals surface area (Å²) in [7, 11) is -1.61. The third-order valence-corrected chi connectivity index (χ3v) is 8.84. The minimum Gasteiger partial charge on any atom is -0.417 e. The first-order valence-corrected chi connectivity index (χ1v) is 9.53. The molecule has 3 atom stereocenters. The molecule has 100 valence electrons. The van der Waals surface area contributed by atoms with Crippen LogP contribution in [-0.4, -0.2) is 26.1 Å². The highest BCUT2D eigenvalue weighted by Gasteiger charge is 2.44. The quantitative estimate of drug-likeness (QED) is 0.581. The zero-order chi connectivity index (χ0) is 13.3. The molecule has 0 aromatic heterocycles. The molecule has 1 rings (SSSR count). The van der Waals surface area contributed by atoms with Crippen molar-refractivity contribution in [3.8, 4) is 0 Å². The van der Waals surface area contributed by atoms with Crippen LogP contribution in [0, 0.1) is 11.8 Å². The highest BCUT2D eigenvalue weighted by Crippen LogP contribution is 2.44. The summed E-state index contributed by atoms with van der Waals surface area (Å²) in [6, 6.07) is 0. The van der Waals surface area contributed by atoms with Crippen molar-refractivity contribution in [2.75, 3.05) is 6.61 Å². The summed E-state index contributed by atoms with van der Waals surface area (Å²) in [5, 5.41) is 10.1. The van der Waals surface area contributed by atoms with E-state index in [9.17, 15) is 5.11 Å². The Labute approximate surface area is 107 Å². The van der Waals surface area contributed by atoms with Gasteiger partial charge in [-0.2, -0.15) is 0 Å². The maximum absolute atomic E-state index is 9.83. The molecule has 2 nitrogen and oxygen atoms in total. The summed E-state index contributed by atoms with van der Waals surface area (Å²) in [5.74, 6) is 1.01. The lowest BCUT2D eigenvalue weighted by Gasteiger charge is -2.36. The van der Waals surface area contributed by atoms with Crippen LogP contribution in [0.3, 0.4) is 0 Å². The largest absolute Gasteiger partial charge is 0.417 e. The molecule has 0 bridgehead atoms. The Kier molecular flexibility index (Phi) is 4.61. The van der Waals surface area contributed by atoms with E-state index in [0.29, 0.717) is 18.3 Å². The molecule has 1 saturated carbocycles. The molecule has 0 amide bonds. The third kappa shape index (κ3) is 3.93. The summed E-state index contributed by atoms with van der Waals surface area (Å²) in [6.45, 7) is 15.8. The first-order valence-electron chi connectivity index (χ1n) is 6.62. The van der Waals surface area contributed by atoms with Crippen LogP contribution in [0.5, 0.6) is 0 Å². The fourth-order valence-electron chi connectivity index (χ4n) is 1.81. The van der Waals surface area contributed by atoms with E-state index in [0.717, 1.165) is 13.0 Å². The van der Waals surface area contributed by atoms with Crippen LogP contribution in [0.25, 0.3) is 0 Å². The number of aliphatic hydroxyl groups excluding tert-OH is 1. The average molecular weight is 256 g/mol. The third-order valence-electron chi connectivity index (χ3n) is 4.34. The van der Waals surface area contributed by atoms with Gasteiger partial charge in [-0.3, -0.25) is 0 Å². The zero-order valence-electron chi connectivity index (χ0n) is 12.0. The van der Waals surface area contributed by atoms with Crippen LogP contribution < -0.4 is 0 Å². The lowest BCUT2D eigenvalue weighted by Crippen LogP contribution is -2.41. The van der Waals surface area contributed by atoms with Crippen molar-refractivity contribution in [2.45, 2.75) is 57.8 Å². The van der Waals surface area contributed by atoms with E-state index in [1.807, 2.05) is 0 Å². The van der Waals surface area contributed by atoms with Gasteiger partial charge >= 0.3 is 0 Å². The van der Waals surface area contributed by atoms with Crippen molar-refractivity contribution in [1.29, 1.82) is 0 Å². The van der Waals surface area contributed by atoms with Crippen LogP contribution in [0.15, 0.2) is 12.7 Å². The van der Waals surface area contributed by atoms with Crippen LogP contribution in [0.4, 0.5) is 0 Å². The molecule has 17 heavy (non-hydrogen) atoms. The van der Waals surface area contributed by atoms with Gasteiger partial charge in [0.05, 0.1) is 6.10 Å². The fourth-order valence-corrected chi connectivity index (χ4v) is 2.88. The minimum absolute atomic E-state index is 0.208. The van der Waals surface area contributed by atoms with Crippen molar-refractivity contribution in [3.63, 3.8) is 0 Å². The van der Waals surface area contributed by atoms with E-state index in [-0.39, 0.29) is 11.1 Å². The predicted molar refractivity (Wildman–Crippen MR) is 75.6 cm³/mol. The van der Waals surface area contributed by atoms with E-state index in [1.165, 1.54) is 0 Å². The van der Waals surface area contributed by atoms with Gasteiger partial charge in [0.1, 0.15) is 0 Å². The molecule has 1 N–H and O–H groups in total. The fraction of sp³-hybridized carbons (Fsp3) is 0.857. The highest BCUT2D eigenvalue weighted by molar-refractivity contribution is 6.74. The molecule has 0 aromatic rings. The molecule has 0 unspecified atom stereocenters. The Balaban J connectivity index is 2.33. The monoisotopic (exact) mass is 256 g/mol. The molecule has 1 fully saturated rings. The molecule has 1 aliphatic rings. The van der Waals surface area contributed by atoms with Gasteiger partial charge in [0.2, 0.25) is 0 Å². The van der Waals surface area contributed by atoms with Crippen molar-refractivity contribution in [2.24, 2.45) is 11.8 Å². The lowest BCUT2D eigenvalue weighted by atomic mass is 10.1. The standard InChI is InChI=1S/C14H28O2Si/c1-7-8-13(15)12-9-11(12)10-16-17(5,6)14(2,3)4/h7,11-13,15H,1,8-10H2,2-6H3/t11-,12+,13-/m0/s1. The maximum Gasteiger partial charge on any atom is 0.191 e. The summed E-state index contributed by atoms with van der Waals surface area (Å²) >= 11 is 0. The average Bonchev–Trinajstić information content (AvgIpc) is 2.92. The van der Waals surface area contributed by atoms with E-state index >= 15 is 0 Å². The normalized spacial score (nSPS) is 26.7. The molecule has 0 spiro atoms. The lowest BCUT2D eigenvalue weighted by molar-refractivity contribution is 0.139. The minimum atomic E-state index is -1.61. The van der Waals surface area contributed by atoms with E-state index in [2.05, 4.69) is 40.4 Å². The molecule has 3 heteroatoms. The first-order chi connectivity index (χ1) is 7.69. The summed E-state index contributed by atoms with van der Waals surface area (Å²) < 4.78 is 6.18. The Morgan fingerprint density at radius 2 is 2.06 bits per heavy atom. The zero-order valence-corrected chi connectivity index (χ0v) is 13.0. The van der Waals surface area contributed by atoms with Crippen LogP contribution in [0.2, 0.25) is 18.1 Å². The molecule has 0 aliphatic heterocycles. The van der Waals surface area contributed by atoms with E-state index in [4.69, 9.17) is 4.43 Å². The van der Waals surface area contributed by atoms with Crippen molar-refractivity contribution < 1.29 is 9.53 Å². The van der Waals surface area contributed by atoms with Gasteiger partial charge in [-0.15, -0.1) is 6.58 Å². The van der Waals surface area contributed by atoms with Gasteiger partial charge in [-0.25, -0.2) is 0 Å². The Hall–Kier alpha value is -0.123. The summed E-state index contributed by atoms with van der Waals surface area (Å²) in [6.07, 6.45) is 3.42. The first kappa shape index (κ1) is 14.9. The predicted octanol–water partition coefficient (Wildman–Crippen LogP) is 3.58. The van der Waals surface area contributed by atoms with Gasteiger partial charge in [-0.1, -0.05) is 26.8 Å². The van der Waals surface area contributed by atoms with Crippen molar-refractivity contribution in [3.05, 3.63) is 12.7 Å².